The van der Waals surface area contributed by atoms with Crippen LogP contribution in [-0.2, 0) is 13.0 Å². The van der Waals surface area contributed by atoms with Crippen molar-refractivity contribution in [3.05, 3.63) is 72.2 Å². The summed E-state index contributed by atoms with van der Waals surface area (Å²) in [6.45, 7) is 1.60. The fraction of sp³-hybridized carbons (Fsp3) is 0.190. The zero-order chi connectivity index (χ0) is 17.8. The van der Waals surface area contributed by atoms with E-state index >= 15 is 0 Å². The van der Waals surface area contributed by atoms with E-state index in [1.54, 1.807) is 13.4 Å². The molecule has 5 heteroatoms. The highest BCUT2D eigenvalue weighted by Crippen LogP contribution is 2.35. The monoisotopic (exact) mass is 348 g/mol. The van der Waals surface area contributed by atoms with Crippen LogP contribution in [0, 0.1) is 0 Å². The summed E-state index contributed by atoms with van der Waals surface area (Å²) in [6, 6.07) is 15.7. The zero-order valence-corrected chi connectivity index (χ0v) is 14.6. The summed E-state index contributed by atoms with van der Waals surface area (Å²) in [6.07, 6.45) is 4.35. The maximum Gasteiger partial charge on any atom is 0.177 e. The van der Waals surface area contributed by atoms with Crippen molar-refractivity contribution in [3.63, 3.8) is 0 Å². The molecule has 0 aliphatic carbocycles. The van der Waals surface area contributed by atoms with E-state index in [0.717, 1.165) is 47.5 Å². The van der Waals surface area contributed by atoms with Crippen molar-refractivity contribution in [2.24, 2.45) is 0 Å². The van der Waals surface area contributed by atoms with Gasteiger partial charge in [-0.2, -0.15) is 0 Å². The van der Waals surface area contributed by atoms with E-state index in [1.165, 1.54) is 0 Å². The first-order valence-corrected chi connectivity index (χ1v) is 8.59. The lowest BCUT2D eigenvalue weighted by Gasteiger charge is -2.07. The highest BCUT2D eigenvalue weighted by molar-refractivity contribution is 5.89. The summed E-state index contributed by atoms with van der Waals surface area (Å²) in [5.41, 5.74) is 2.98. The molecule has 0 aliphatic rings. The second-order valence-corrected chi connectivity index (χ2v) is 6.01. The van der Waals surface area contributed by atoms with Gasteiger partial charge in [-0.3, -0.25) is 4.98 Å². The second kappa shape index (κ2) is 7.45. The average Bonchev–Trinajstić information content (AvgIpc) is 3.35. The Morgan fingerprint density at radius 1 is 1.08 bits per heavy atom. The van der Waals surface area contributed by atoms with Crippen LogP contribution < -0.4 is 10.1 Å². The maximum atomic E-state index is 5.99. The number of methoxy groups -OCH3 is 1. The lowest BCUT2D eigenvalue weighted by molar-refractivity contribution is 0.410. The molecule has 0 spiro atoms. The summed E-state index contributed by atoms with van der Waals surface area (Å²) >= 11 is 0. The van der Waals surface area contributed by atoms with Gasteiger partial charge in [-0.05, 0) is 42.0 Å². The minimum absolute atomic E-state index is 0.698. The third kappa shape index (κ3) is 3.34. The largest absolute Gasteiger partial charge is 0.493 e. The first-order chi connectivity index (χ1) is 12.8. The molecule has 132 valence electrons. The number of pyridine rings is 1. The average molecular weight is 348 g/mol. The van der Waals surface area contributed by atoms with Crippen LogP contribution in [0.1, 0.15) is 11.3 Å². The number of fused-ring (bicyclic) bond motifs is 1. The summed E-state index contributed by atoms with van der Waals surface area (Å²) in [5, 5.41) is 4.51. The van der Waals surface area contributed by atoms with E-state index in [0.29, 0.717) is 11.5 Å². The predicted octanol–water partition coefficient (Wildman–Crippen LogP) is 4.43. The highest BCUT2D eigenvalue weighted by atomic mass is 16.5. The molecule has 1 aromatic carbocycles. The molecule has 5 nitrogen and oxygen atoms in total. The van der Waals surface area contributed by atoms with Crippen LogP contribution in [-0.4, -0.2) is 18.6 Å². The van der Waals surface area contributed by atoms with Crippen LogP contribution in [0.3, 0.4) is 0 Å². The van der Waals surface area contributed by atoms with Gasteiger partial charge < -0.3 is 18.9 Å². The van der Waals surface area contributed by atoms with E-state index in [4.69, 9.17) is 13.6 Å². The van der Waals surface area contributed by atoms with Crippen LogP contribution >= 0.6 is 0 Å². The van der Waals surface area contributed by atoms with Crippen LogP contribution in [0.15, 0.2) is 69.8 Å². The molecule has 0 radical (unpaired) electrons. The van der Waals surface area contributed by atoms with Gasteiger partial charge in [0.25, 0.3) is 0 Å². The number of hydrogen-bond acceptors (Lipinski definition) is 5. The Labute approximate surface area is 151 Å². The Bertz CT molecular complexity index is 975. The first kappa shape index (κ1) is 16.4. The summed E-state index contributed by atoms with van der Waals surface area (Å²) < 4.78 is 16.9. The molecule has 0 unspecified atom stereocenters. The fourth-order valence-electron chi connectivity index (χ4n) is 2.99. The molecule has 26 heavy (non-hydrogen) atoms. The Morgan fingerprint density at radius 2 is 2.04 bits per heavy atom. The number of nitrogens with zero attached hydrogens (tertiary/aromatic N) is 1. The summed E-state index contributed by atoms with van der Waals surface area (Å²) in [5.74, 6) is 2.12. The molecule has 3 aromatic heterocycles. The van der Waals surface area contributed by atoms with Gasteiger partial charge in [-0.1, -0.05) is 12.1 Å². The minimum Gasteiger partial charge on any atom is -0.493 e. The molecule has 3 heterocycles. The number of hydrogen-bond donors (Lipinski definition) is 1. The molecule has 4 rings (SSSR count). The Hall–Kier alpha value is -3.05. The van der Waals surface area contributed by atoms with E-state index < -0.39 is 0 Å². The van der Waals surface area contributed by atoms with E-state index in [2.05, 4.69) is 16.4 Å². The molecule has 4 aromatic rings. The number of benzene rings is 1. The SMILES string of the molecule is COc1ccc(CNCCc2ccccn2)c2cc(-c3ccco3)oc12. The van der Waals surface area contributed by atoms with E-state index in [-0.39, 0.29) is 0 Å². The van der Waals surface area contributed by atoms with Gasteiger partial charge in [0.05, 0.1) is 13.4 Å². The minimum atomic E-state index is 0.698. The lowest BCUT2D eigenvalue weighted by Crippen LogP contribution is -2.17. The third-order valence-corrected chi connectivity index (χ3v) is 4.32. The van der Waals surface area contributed by atoms with E-state index in [9.17, 15) is 0 Å². The van der Waals surface area contributed by atoms with Crippen molar-refractivity contribution in [1.82, 2.24) is 10.3 Å². The standard InChI is InChI=1S/C21H20N2O3/c1-24-19-8-7-15(14-22-11-9-16-5-2-3-10-23-16)17-13-20(26-21(17)19)18-6-4-12-25-18/h2-8,10,12-13,22H,9,11,14H2,1H3. The van der Waals surface area contributed by atoms with Gasteiger partial charge in [0.1, 0.15) is 0 Å². The number of rotatable bonds is 7. The molecule has 0 aliphatic heterocycles. The van der Waals surface area contributed by atoms with Gasteiger partial charge in [0.15, 0.2) is 22.9 Å². The molecule has 0 fully saturated rings. The summed E-state index contributed by atoms with van der Waals surface area (Å²) in [7, 11) is 1.65. The Balaban J connectivity index is 1.53. The smallest absolute Gasteiger partial charge is 0.177 e. The first-order valence-electron chi connectivity index (χ1n) is 8.59. The van der Waals surface area contributed by atoms with E-state index in [1.807, 2.05) is 48.7 Å². The van der Waals surface area contributed by atoms with Gasteiger partial charge in [-0.15, -0.1) is 0 Å². The van der Waals surface area contributed by atoms with Crippen molar-refractivity contribution in [2.75, 3.05) is 13.7 Å². The molecule has 0 saturated carbocycles. The number of furan rings is 2. The maximum absolute atomic E-state index is 5.99. The topological polar surface area (TPSA) is 60.4 Å². The van der Waals surface area contributed by atoms with Crippen LogP contribution in [0.2, 0.25) is 0 Å². The Kier molecular flexibility index (Phi) is 4.71. The number of aromatic nitrogens is 1. The normalized spacial score (nSPS) is 11.1. The fourth-order valence-corrected chi connectivity index (χ4v) is 2.99. The van der Waals surface area contributed by atoms with Crippen LogP contribution in [0.5, 0.6) is 5.75 Å². The zero-order valence-electron chi connectivity index (χ0n) is 14.6. The molecular weight excluding hydrogens is 328 g/mol. The third-order valence-electron chi connectivity index (χ3n) is 4.32. The van der Waals surface area contributed by atoms with Gasteiger partial charge >= 0.3 is 0 Å². The molecule has 0 amide bonds. The van der Waals surface area contributed by atoms with Crippen molar-refractivity contribution < 1.29 is 13.6 Å². The highest BCUT2D eigenvalue weighted by Gasteiger charge is 2.15. The van der Waals surface area contributed by atoms with Gasteiger partial charge in [0.2, 0.25) is 0 Å². The number of nitrogens with one attached hydrogen (secondary N) is 1. The molecule has 1 N–H and O–H groups in total. The van der Waals surface area contributed by atoms with Crippen LogP contribution in [0.25, 0.3) is 22.5 Å². The lowest BCUT2D eigenvalue weighted by atomic mass is 10.1. The van der Waals surface area contributed by atoms with Crippen LogP contribution in [0.4, 0.5) is 0 Å². The molecule has 0 saturated heterocycles. The summed E-state index contributed by atoms with van der Waals surface area (Å²) in [4.78, 5) is 4.35. The second-order valence-electron chi connectivity index (χ2n) is 6.01. The van der Waals surface area contributed by atoms with Crippen molar-refractivity contribution in [3.8, 4) is 17.3 Å². The van der Waals surface area contributed by atoms with Crippen molar-refractivity contribution >= 4 is 11.0 Å². The molecular formula is C21H20N2O3. The Morgan fingerprint density at radius 3 is 2.81 bits per heavy atom. The van der Waals surface area contributed by atoms with Crippen molar-refractivity contribution in [1.29, 1.82) is 0 Å². The van der Waals surface area contributed by atoms with Gasteiger partial charge in [-0.25, -0.2) is 0 Å². The predicted molar refractivity (Wildman–Crippen MR) is 100 cm³/mol. The molecule has 0 atom stereocenters. The molecule has 0 bridgehead atoms. The quantitative estimate of drug-likeness (QED) is 0.501. The number of ether oxygens (including phenoxy) is 1. The van der Waals surface area contributed by atoms with Gasteiger partial charge in [0, 0.05) is 36.8 Å². The van der Waals surface area contributed by atoms with Crippen molar-refractivity contribution in [2.45, 2.75) is 13.0 Å².